The summed E-state index contributed by atoms with van der Waals surface area (Å²) in [6.07, 6.45) is 1.06. The van der Waals surface area contributed by atoms with Gasteiger partial charge in [0, 0.05) is 0 Å². The molecule has 0 spiro atoms. The lowest BCUT2D eigenvalue weighted by Gasteiger charge is -2.20. The van der Waals surface area contributed by atoms with E-state index in [1.807, 2.05) is 0 Å². The first-order chi connectivity index (χ1) is 9.60. The standard InChI is InChI=1S/C13H17N3O4S/c1-8-6-5-7-9(10(8)17)11-14-12(15-20-11)13(2,3)16-21(4,18)19/h5-7,16-17H,1-4H3. The van der Waals surface area contributed by atoms with Crippen LogP contribution in [-0.2, 0) is 15.6 Å². The van der Waals surface area contributed by atoms with Crippen molar-refractivity contribution in [2.24, 2.45) is 0 Å². The number of aryl methyl sites for hydroxylation is 1. The Labute approximate surface area is 123 Å². The van der Waals surface area contributed by atoms with Crippen molar-refractivity contribution in [3.8, 4) is 17.2 Å². The highest BCUT2D eigenvalue weighted by Crippen LogP contribution is 2.31. The van der Waals surface area contributed by atoms with Crippen LogP contribution in [0.1, 0.15) is 25.2 Å². The van der Waals surface area contributed by atoms with Gasteiger partial charge in [-0.2, -0.15) is 4.98 Å². The van der Waals surface area contributed by atoms with Crippen LogP contribution in [0.2, 0.25) is 0 Å². The van der Waals surface area contributed by atoms with Gasteiger partial charge in [-0.25, -0.2) is 13.1 Å². The summed E-state index contributed by atoms with van der Waals surface area (Å²) >= 11 is 0. The zero-order valence-electron chi connectivity index (χ0n) is 12.2. The molecule has 1 aromatic carbocycles. The van der Waals surface area contributed by atoms with Gasteiger partial charge in [0.15, 0.2) is 5.82 Å². The zero-order valence-corrected chi connectivity index (χ0v) is 13.0. The number of nitrogens with zero attached hydrogens (tertiary/aromatic N) is 2. The third-order valence-electron chi connectivity index (χ3n) is 2.89. The van der Waals surface area contributed by atoms with E-state index in [4.69, 9.17) is 4.52 Å². The van der Waals surface area contributed by atoms with Gasteiger partial charge >= 0.3 is 0 Å². The van der Waals surface area contributed by atoms with E-state index in [2.05, 4.69) is 14.9 Å². The second-order valence-electron chi connectivity index (χ2n) is 5.39. The molecule has 0 saturated heterocycles. The van der Waals surface area contributed by atoms with E-state index >= 15 is 0 Å². The lowest BCUT2D eigenvalue weighted by atomic mass is 10.1. The van der Waals surface area contributed by atoms with Crippen molar-refractivity contribution in [1.29, 1.82) is 0 Å². The van der Waals surface area contributed by atoms with E-state index in [-0.39, 0.29) is 17.5 Å². The summed E-state index contributed by atoms with van der Waals surface area (Å²) in [5.41, 5.74) is 0.0686. The van der Waals surface area contributed by atoms with Crippen LogP contribution in [0, 0.1) is 6.92 Å². The average molecular weight is 311 g/mol. The molecule has 0 aliphatic carbocycles. The van der Waals surface area contributed by atoms with Gasteiger partial charge in [-0.1, -0.05) is 17.3 Å². The Morgan fingerprint density at radius 3 is 2.62 bits per heavy atom. The van der Waals surface area contributed by atoms with Gasteiger partial charge < -0.3 is 9.63 Å². The minimum absolute atomic E-state index is 0.0570. The predicted octanol–water partition coefficient (Wildman–Crippen LogP) is 1.53. The second kappa shape index (κ2) is 5.12. The number of nitrogens with one attached hydrogen (secondary N) is 1. The maximum Gasteiger partial charge on any atom is 0.261 e. The molecule has 8 heteroatoms. The third-order valence-corrected chi connectivity index (χ3v) is 3.77. The van der Waals surface area contributed by atoms with Crippen molar-refractivity contribution in [2.45, 2.75) is 26.3 Å². The fourth-order valence-electron chi connectivity index (χ4n) is 1.93. The molecule has 0 unspecified atom stereocenters. The van der Waals surface area contributed by atoms with Crippen molar-refractivity contribution in [1.82, 2.24) is 14.9 Å². The van der Waals surface area contributed by atoms with Gasteiger partial charge in [0.05, 0.1) is 17.4 Å². The Kier molecular flexibility index (Phi) is 3.77. The fourth-order valence-corrected chi connectivity index (χ4v) is 2.95. The Balaban J connectivity index is 2.40. The molecule has 1 aromatic heterocycles. The van der Waals surface area contributed by atoms with Crippen molar-refractivity contribution in [3.05, 3.63) is 29.6 Å². The number of sulfonamides is 1. The normalized spacial score (nSPS) is 12.6. The van der Waals surface area contributed by atoms with E-state index in [1.54, 1.807) is 39.0 Å². The number of hydrogen-bond donors (Lipinski definition) is 2. The van der Waals surface area contributed by atoms with Crippen molar-refractivity contribution in [3.63, 3.8) is 0 Å². The van der Waals surface area contributed by atoms with Crippen LogP contribution in [0.4, 0.5) is 0 Å². The zero-order chi connectivity index (χ0) is 15.8. The molecule has 2 rings (SSSR count). The maximum atomic E-state index is 11.4. The number of para-hydroxylation sites is 1. The number of aromatic nitrogens is 2. The van der Waals surface area contributed by atoms with Gasteiger partial charge in [-0.05, 0) is 32.4 Å². The van der Waals surface area contributed by atoms with Crippen molar-refractivity contribution < 1.29 is 18.0 Å². The summed E-state index contributed by atoms with van der Waals surface area (Å²) in [7, 11) is -3.42. The molecule has 7 nitrogen and oxygen atoms in total. The molecule has 0 saturated carbocycles. The lowest BCUT2D eigenvalue weighted by Crippen LogP contribution is -2.41. The van der Waals surface area contributed by atoms with Crippen LogP contribution in [0.5, 0.6) is 5.75 Å². The van der Waals surface area contributed by atoms with E-state index in [1.165, 1.54) is 0 Å². The Hall–Kier alpha value is -1.93. The van der Waals surface area contributed by atoms with Crippen LogP contribution < -0.4 is 4.72 Å². The molecule has 0 bridgehead atoms. The third kappa shape index (κ3) is 3.40. The number of rotatable bonds is 4. The van der Waals surface area contributed by atoms with Crippen LogP contribution in [-0.4, -0.2) is 29.9 Å². The molecule has 21 heavy (non-hydrogen) atoms. The topological polar surface area (TPSA) is 105 Å². The summed E-state index contributed by atoms with van der Waals surface area (Å²) in [4.78, 5) is 4.17. The van der Waals surface area contributed by atoms with E-state index in [0.717, 1.165) is 6.26 Å². The first-order valence-electron chi connectivity index (χ1n) is 6.22. The number of aromatic hydroxyl groups is 1. The highest BCUT2D eigenvalue weighted by atomic mass is 32.2. The molecular formula is C13H17N3O4S. The van der Waals surface area contributed by atoms with Gasteiger partial charge in [0.1, 0.15) is 5.75 Å². The minimum Gasteiger partial charge on any atom is -0.507 e. The van der Waals surface area contributed by atoms with E-state index in [0.29, 0.717) is 11.1 Å². The molecule has 0 aliphatic heterocycles. The first-order valence-corrected chi connectivity index (χ1v) is 8.11. The van der Waals surface area contributed by atoms with Crippen LogP contribution in [0.15, 0.2) is 22.7 Å². The van der Waals surface area contributed by atoms with Crippen LogP contribution in [0.25, 0.3) is 11.5 Å². The SMILES string of the molecule is Cc1cccc(-c2nc(C(C)(C)NS(C)(=O)=O)no2)c1O. The van der Waals surface area contributed by atoms with E-state index in [9.17, 15) is 13.5 Å². The fraction of sp³-hybridized carbons (Fsp3) is 0.385. The summed E-state index contributed by atoms with van der Waals surface area (Å²) in [5, 5.41) is 13.8. The molecule has 114 valence electrons. The Bertz CT molecular complexity index is 765. The monoisotopic (exact) mass is 311 g/mol. The minimum atomic E-state index is -3.42. The molecule has 2 aromatic rings. The summed E-state index contributed by atoms with van der Waals surface area (Å²) in [6.45, 7) is 5.00. The molecule has 0 amide bonds. The predicted molar refractivity (Wildman–Crippen MR) is 77.1 cm³/mol. The number of hydrogen-bond acceptors (Lipinski definition) is 6. The largest absolute Gasteiger partial charge is 0.507 e. The molecule has 2 N–H and O–H groups in total. The maximum absolute atomic E-state index is 11.4. The van der Waals surface area contributed by atoms with Crippen LogP contribution >= 0.6 is 0 Å². The lowest BCUT2D eigenvalue weighted by molar-refractivity contribution is 0.381. The summed E-state index contributed by atoms with van der Waals surface area (Å²) in [6, 6.07) is 5.16. The Morgan fingerprint density at radius 1 is 1.33 bits per heavy atom. The number of benzene rings is 1. The summed E-state index contributed by atoms with van der Waals surface area (Å²) < 4.78 is 30.3. The summed E-state index contributed by atoms with van der Waals surface area (Å²) in [5.74, 6) is 0.375. The Morgan fingerprint density at radius 2 is 2.00 bits per heavy atom. The smallest absolute Gasteiger partial charge is 0.261 e. The van der Waals surface area contributed by atoms with Gasteiger partial charge in [0.2, 0.25) is 10.0 Å². The van der Waals surface area contributed by atoms with Gasteiger partial charge in [-0.15, -0.1) is 0 Å². The molecule has 0 aliphatic rings. The second-order valence-corrected chi connectivity index (χ2v) is 7.14. The molecule has 0 atom stereocenters. The highest BCUT2D eigenvalue weighted by molar-refractivity contribution is 7.88. The number of phenolic OH excluding ortho intramolecular Hbond substituents is 1. The quantitative estimate of drug-likeness (QED) is 0.887. The van der Waals surface area contributed by atoms with Crippen molar-refractivity contribution in [2.75, 3.05) is 6.26 Å². The molecular weight excluding hydrogens is 294 g/mol. The van der Waals surface area contributed by atoms with E-state index < -0.39 is 15.6 Å². The van der Waals surface area contributed by atoms with Gasteiger partial charge in [-0.3, -0.25) is 0 Å². The first kappa shape index (κ1) is 15.5. The molecule has 1 heterocycles. The average Bonchev–Trinajstić information content (AvgIpc) is 2.79. The number of phenols is 1. The molecule has 0 fully saturated rings. The van der Waals surface area contributed by atoms with Gasteiger partial charge in [0.25, 0.3) is 5.89 Å². The van der Waals surface area contributed by atoms with Crippen LogP contribution in [0.3, 0.4) is 0 Å². The molecule has 0 radical (unpaired) electrons. The van der Waals surface area contributed by atoms with Crippen molar-refractivity contribution >= 4 is 10.0 Å². The highest BCUT2D eigenvalue weighted by Gasteiger charge is 2.30.